The lowest BCUT2D eigenvalue weighted by Gasteiger charge is -2.13. The number of carbonyl (C=O) groups excluding carboxylic acids is 2. The quantitative estimate of drug-likeness (QED) is 0.629. The fourth-order valence-electron chi connectivity index (χ4n) is 2.54. The number of hydrogen-bond acceptors (Lipinski definition) is 3. The standard InChI is InChI=1S/C20H16O3/c21-18(15-8-3-1-4-9-15)14-17(19-12-7-13-23-19)20(22)16-10-5-2-6-11-16/h1-13,17H,14H2. The largest absolute Gasteiger partial charge is 0.469 e. The maximum absolute atomic E-state index is 12.8. The molecule has 0 fully saturated rings. The predicted octanol–water partition coefficient (Wildman–Crippen LogP) is 4.52. The van der Waals surface area contributed by atoms with Gasteiger partial charge < -0.3 is 4.42 Å². The molecule has 0 N–H and O–H groups in total. The van der Waals surface area contributed by atoms with Crippen LogP contribution in [0.1, 0.15) is 38.8 Å². The minimum absolute atomic E-state index is 0.0729. The van der Waals surface area contributed by atoms with E-state index in [-0.39, 0.29) is 18.0 Å². The molecule has 0 saturated carbocycles. The van der Waals surface area contributed by atoms with Crippen LogP contribution in [-0.2, 0) is 0 Å². The van der Waals surface area contributed by atoms with Gasteiger partial charge in [0.2, 0.25) is 0 Å². The summed E-state index contributed by atoms with van der Waals surface area (Å²) in [6.45, 7) is 0. The molecule has 23 heavy (non-hydrogen) atoms. The second-order valence-corrected chi connectivity index (χ2v) is 5.29. The number of rotatable bonds is 6. The molecule has 1 heterocycles. The molecule has 0 aliphatic carbocycles. The van der Waals surface area contributed by atoms with Gasteiger partial charge in [-0.05, 0) is 12.1 Å². The van der Waals surface area contributed by atoms with Crippen molar-refractivity contribution in [1.82, 2.24) is 0 Å². The van der Waals surface area contributed by atoms with Gasteiger partial charge in [-0.3, -0.25) is 9.59 Å². The van der Waals surface area contributed by atoms with E-state index >= 15 is 0 Å². The molecule has 3 heteroatoms. The first kappa shape index (κ1) is 15.0. The first-order valence-corrected chi connectivity index (χ1v) is 7.46. The molecule has 3 nitrogen and oxygen atoms in total. The van der Waals surface area contributed by atoms with Gasteiger partial charge in [-0.1, -0.05) is 60.7 Å². The van der Waals surface area contributed by atoms with Crippen LogP contribution in [0.3, 0.4) is 0 Å². The molecule has 3 rings (SSSR count). The molecule has 114 valence electrons. The highest BCUT2D eigenvalue weighted by Crippen LogP contribution is 2.26. The molecule has 3 aromatic rings. The Labute approximate surface area is 134 Å². The van der Waals surface area contributed by atoms with Crippen LogP contribution in [0, 0.1) is 0 Å². The van der Waals surface area contributed by atoms with Crippen molar-refractivity contribution in [3.63, 3.8) is 0 Å². The molecule has 0 radical (unpaired) electrons. The van der Waals surface area contributed by atoms with Crippen molar-refractivity contribution in [2.24, 2.45) is 0 Å². The van der Waals surface area contributed by atoms with Crippen molar-refractivity contribution < 1.29 is 14.0 Å². The van der Waals surface area contributed by atoms with Gasteiger partial charge in [-0.15, -0.1) is 0 Å². The van der Waals surface area contributed by atoms with Crippen LogP contribution in [0.4, 0.5) is 0 Å². The van der Waals surface area contributed by atoms with Crippen LogP contribution < -0.4 is 0 Å². The molecular weight excluding hydrogens is 288 g/mol. The average molecular weight is 304 g/mol. The van der Waals surface area contributed by atoms with Gasteiger partial charge in [0.25, 0.3) is 0 Å². The molecule has 1 atom stereocenters. The van der Waals surface area contributed by atoms with Crippen LogP contribution in [-0.4, -0.2) is 11.6 Å². The Morgan fingerprint density at radius 3 is 1.96 bits per heavy atom. The van der Waals surface area contributed by atoms with E-state index < -0.39 is 5.92 Å². The first-order valence-electron chi connectivity index (χ1n) is 7.46. The van der Waals surface area contributed by atoms with Gasteiger partial charge in [-0.25, -0.2) is 0 Å². The van der Waals surface area contributed by atoms with E-state index in [2.05, 4.69) is 0 Å². The maximum atomic E-state index is 12.8. The Bertz CT molecular complexity index is 774. The van der Waals surface area contributed by atoms with Gasteiger partial charge in [0.1, 0.15) is 5.76 Å². The van der Waals surface area contributed by atoms with E-state index in [1.54, 1.807) is 36.4 Å². The topological polar surface area (TPSA) is 47.3 Å². The highest BCUT2D eigenvalue weighted by molar-refractivity contribution is 6.05. The van der Waals surface area contributed by atoms with Gasteiger partial charge in [-0.2, -0.15) is 0 Å². The lowest BCUT2D eigenvalue weighted by atomic mass is 9.89. The highest BCUT2D eigenvalue weighted by atomic mass is 16.3. The predicted molar refractivity (Wildman–Crippen MR) is 87.6 cm³/mol. The molecule has 0 aliphatic heterocycles. The van der Waals surface area contributed by atoms with Crippen molar-refractivity contribution in [2.75, 3.05) is 0 Å². The fourth-order valence-corrected chi connectivity index (χ4v) is 2.54. The Morgan fingerprint density at radius 1 is 0.783 bits per heavy atom. The van der Waals surface area contributed by atoms with Crippen molar-refractivity contribution in [1.29, 1.82) is 0 Å². The summed E-state index contributed by atoms with van der Waals surface area (Å²) >= 11 is 0. The third-order valence-electron chi connectivity index (χ3n) is 3.75. The molecule has 1 unspecified atom stereocenters. The van der Waals surface area contributed by atoms with Crippen molar-refractivity contribution >= 4 is 11.6 Å². The lowest BCUT2D eigenvalue weighted by Crippen LogP contribution is -2.17. The molecule has 0 spiro atoms. The Hall–Kier alpha value is -2.94. The lowest BCUT2D eigenvalue weighted by molar-refractivity contribution is 0.0883. The minimum Gasteiger partial charge on any atom is -0.469 e. The second kappa shape index (κ2) is 6.88. The van der Waals surface area contributed by atoms with Gasteiger partial charge >= 0.3 is 0 Å². The molecule has 2 aromatic carbocycles. The number of furan rings is 1. The summed E-state index contributed by atoms with van der Waals surface area (Å²) in [4.78, 5) is 25.3. The summed E-state index contributed by atoms with van der Waals surface area (Å²) in [5.74, 6) is -0.274. The summed E-state index contributed by atoms with van der Waals surface area (Å²) in [5, 5.41) is 0. The summed E-state index contributed by atoms with van der Waals surface area (Å²) in [6, 6.07) is 21.5. The zero-order valence-electron chi connectivity index (χ0n) is 12.5. The molecule has 0 saturated heterocycles. The van der Waals surface area contributed by atoms with Crippen LogP contribution in [0.25, 0.3) is 0 Å². The van der Waals surface area contributed by atoms with Crippen LogP contribution >= 0.6 is 0 Å². The normalized spacial score (nSPS) is 11.8. The second-order valence-electron chi connectivity index (χ2n) is 5.29. The van der Waals surface area contributed by atoms with Crippen molar-refractivity contribution in [3.8, 4) is 0 Å². The maximum Gasteiger partial charge on any atom is 0.173 e. The van der Waals surface area contributed by atoms with E-state index in [4.69, 9.17) is 4.42 Å². The Balaban J connectivity index is 1.88. The molecule has 0 amide bonds. The smallest absolute Gasteiger partial charge is 0.173 e. The number of hydrogen-bond donors (Lipinski definition) is 0. The van der Waals surface area contributed by atoms with E-state index in [0.717, 1.165) is 0 Å². The van der Waals surface area contributed by atoms with Crippen LogP contribution in [0.2, 0.25) is 0 Å². The van der Waals surface area contributed by atoms with Crippen molar-refractivity contribution in [3.05, 3.63) is 95.9 Å². The van der Waals surface area contributed by atoms with Crippen molar-refractivity contribution in [2.45, 2.75) is 12.3 Å². The monoisotopic (exact) mass is 304 g/mol. The fraction of sp³-hybridized carbons (Fsp3) is 0.100. The third-order valence-corrected chi connectivity index (χ3v) is 3.75. The van der Waals surface area contributed by atoms with Gasteiger partial charge in [0, 0.05) is 17.5 Å². The summed E-state index contributed by atoms with van der Waals surface area (Å²) in [7, 11) is 0. The van der Waals surface area contributed by atoms with E-state index in [1.807, 2.05) is 36.4 Å². The zero-order chi connectivity index (χ0) is 16.1. The van der Waals surface area contributed by atoms with E-state index in [9.17, 15) is 9.59 Å². The molecule has 0 bridgehead atoms. The number of carbonyl (C=O) groups is 2. The summed E-state index contributed by atoms with van der Waals surface area (Å²) in [6.07, 6.45) is 1.61. The average Bonchev–Trinajstić information content (AvgIpc) is 3.15. The van der Waals surface area contributed by atoms with E-state index in [0.29, 0.717) is 16.9 Å². The number of ketones is 2. The van der Waals surface area contributed by atoms with E-state index in [1.165, 1.54) is 6.26 Å². The number of benzene rings is 2. The highest BCUT2D eigenvalue weighted by Gasteiger charge is 2.27. The van der Waals surface area contributed by atoms with Gasteiger partial charge in [0.05, 0.1) is 12.2 Å². The van der Waals surface area contributed by atoms with Crippen LogP contribution in [0.15, 0.2) is 83.5 Å². The SMILES string of the molecule is O=C(CC(C(=O)c1ccccc1)c1ccco1)c1ccccc1. The molecular formula is C20H16O3. The van der Waals surface area contributed by atoms with Crippen LogP contribution in [0.5, 0.6) is 0 Å². The summed E-state index contributed by atoms with van der Waals surface area (Å²) in [5.41, 5.74) is 1.18. The Kier molecular flexibility index (Phi) is 4.48. The minimum atomic E-state index is -0.611. The summed E-state index contributed by atoms with van der Waals surface area (Å²) < 4.78 is 5.40. The first-order chi connectivity index (χ1) is 11.3. The Morgan fingerprint density at radius 2 is 1.39 bits per heavy atom. The third kappa shape index (κ3) is 3.46. The molecule has 0 aliphatic rings. The number of Topliss-reactive ketones (excluding diaryl/α,β-unsaturated/α-hetero) is 2. The van der Waals surface area contributed by atoms with Gasteiger partial charge in [0.15, 0.2) is 11.6 Å². The molecule has 1 aromatic heterocycles. The zero-order valence-corrected chi connectivity index (χ0v) is 12.5.